The summed E-state index contributed by atoms with van der Waals surface area (Å²) < 4.78 is 0. The molecule has 0 saturated carbocycles. The van der Waals surface area contributed by atoms with Gasteiger partial charge in [-0.05, 0) is 0 Å². The Balaban J connectivity index is 2.41. The summed E-state index contributed by atoms with van der Waals surface area (Å²) in [5.74, 6) is 0. The number of hydrogen-bond donors (Lipinski definition) is 1. The predicted molar refractivity (Wildman–Crippen MR) is 98.1 cm³/mol. The topological polar surface area (TPSA) is 20.2 Å². The minimum absolute atomic E-state index is 0.156. The third-order valence-electron chi connectivity index (χ3n) is 4.17. The molecule has 3 aromatic rings. The van der Waals surface area contributed by atoms with E-state index in [1.807, 2.05) is 91.0 Å². The molecule has 3 heteroatoms. The van der Waals surface area contributed by atoms with Gasteiger partial charge in [-0.1, -0.05) is 0 Å². The number of halogens is 1. The summed E-state index contributed by atoms with van der Waals surface area (Å²) in [5.41, 5.74) is 0.156. The third-order valence-corrected chi connectivity index (χ3v) is 10.3. The standard InChI is InChI=1S/C19H18ClOP/c20-16-22(21,17-10-4-1-5-11-17,18-12-6-2-7-13-18)19-14-8-3-9-15-19/h1-15,21H,16H2. The van der Waals surface area contributed by atoms with Crippen molar-refractivity contribution in [2.24, 2.45) is 0 Å². The zero-order valence-corrected chi connectivity index (χ0v) is 13.8. The molecule has 1 nitrogen and oxygen atoms in total. The third kappa shape index (κ3) is 2.18. The fourth-order valence-corrected chi connectivity index (χ4v) is 7.90. The van der Waals surface area contributed by atoms with Crippen LogP contribution in [-0.4, -0.2) is 10.5 Å². The van der Waals surface area contributed by atoms with Gasteiger partial charge in [0.25, 0.3) is 0 Å². The van der Waals surface area contributed by atoms with Gasteiger partial charge < -0.3 is 0 Å². The predicted octanol–water partition coefficient (Wildman–Crippen LogP) is 3.62. The van der Waals surface area contributed by atoms with Crippen molar-refractivity contribution < 1.29 is 4.89 Å². The van der Waals surface area contributed by atoms with Crippen molar-refractivity contribution in [3.63, 3.8) is 0 Å². The van der Waals surface area contributed by atoms with Crippen LogP contribution in [0.25, 0.3) is 0 Å². The van der Waals surface area contributed by atoms with Crippen LogP contribution in [0.1, 0.15) is 0 Å². The van der Waals surface area contributed by atoms with Crippen molar-refractivity contribution >= 4 is 34.3 Å². The molecule has 1 N–H and O–H groups in total. The monoisotopic (exact) mass is 328 g/mol. The second kappa shape index (κ2) is 5.85. The molecule has 3 aromatic carbocycles. The Kier molecular flexibility index (Phi) is 4.06. The van der Waals surface area contributed by atoms with Gasteiger partial charge in [0.2, 0.25) is 0 Å². The summed E-state index contributed by atoms with van der Waals surface area (Å²) >= 11 is 6.48. The minimum atomic E-state index is -3.63. The normalized spacial score (nSPS) is 13.3. The molecule has 0 aliphatic heterocycles. The second-order valence-electron chi connectivity index (χ2n) is 5.38. The van der Waals surface area contributed by atoms with Crippen LogP contribution in [0.4, 0.5) is 0 Å². The Morgan fingerprint density at radius 1 is 0.591 bits per heavy atom. The molecule has 0 fully saturated rings. The van der Waals surface area contributed by atoms with Gasteiger partial charge in [0.1, 0.15) is 0 Å². The Morgan fingerprint density at radius 3 is 1.09 bits per heavy atom. The molecule has 0 atom stereocenters. The summed E-state index contributed by atoms with van der Waals surface area (Å²) in [7, 11) is 0. The molecule has 0 unspecified atom stereocenters. The van der Waals surface area contributed by atoms with E-state index in [2.05, 4.69) is 0 Å². The van der Waals surface area contributed by atoms with E-state index < -0.39 is 6.83 Å². The van der Waals surface area contributed by atoms with Crippen LogP contribution in [-0.2, 0) is 0 Å². The number of rotatable bonds is 4. The van der Waals surface area contributed by atoms with Gasteiger partial charge in [-0.3, -0.25) is 0 Å². The quantitative estimate of drug-likeness (QED) is 0.573. The van der Waals surface area contributed by atoms with Crippen molar-refractivity contribution in [2.45, 2.75) is 0 Å². The summed E-state index contributed by atoms with van der Waals surface area (Å²) in [6.07, 6.45) is 0. The maximum absolute atomic E-state index is 12.2. The van der Waals surface area contributed by atoms with Crippen LogP contribution in [0.3, 0.4) is 0 Å². The number of alkyl halides is 1. The van der Waals surface area contributed by atoms with Crippen molar-refractivity contribution in [1.82, 2.24) is 0 Å². The molecule has 0 aromatic heterocycles. The first kappa shape index (κ1) is 15.2. The van der Waals surface area contributed by atoms with Gasteiger partial charge in [0, 0.05) is 0 Å². The van der Waals surface area contributed by atoms with Crippen LogP contribution in [0.2, 0.25) is 0 Å². The van der Waals surface area contributed by atoms with Gasteiger partial charge in [0.15, 0.2) is 0 Å². The van der Waals surface area contributed by atoms with E-state index in [1.165, 1.54) is 0 Å². The molecule has 0 bridgehead atoms. The van der Waals surface area contributed by atoms with E-state index in [0.717, 1.165) is 15.9 Å². The van der Waals surface area contributed by atoms with Crippen molar-refractivity contribution in [3.8, 4) is 0 Å². The number of hydrogen-bond acceptors (Lipinski definition) is 1. The first-order valence-electron chi connectivity index (χ1n) is 7.19. The molecule has 0 radical (unpaired) electrons. The number of benzene rings is 3. The molecular weight excluding hydrogens is 311 g/mol. The Hall–Kier alpha value is -1.66. The van der Waals surface area contributed by atoms with E-state index in [-0.39, 0.29) is 5.62 Å². The van der Waals surface area contributed by atoms with Gasteiger partial charge in [-0.15, -0.1) is 0 Å². The fourth-order valence-electron chi connectivity index (χ4n) is 2.90. The van der Waals surface area contributed by atoms with Crippen molar-refractivity contribution in [1.29, 1.82) is 0 Å². The van der Waals surface area contributed by atoms with E-state index in [9.17, 15) is 4.89 Å². The summed E-state index contributed by atoms with van der Waals surface area (Å²) in [6.45, 7) is -3.63. The zero-order chi connectivity index (χ0) is 15.5. The molecule has 0 heterocycles. The summed E-state index contributed by atoms with van der Waals surface area (Å²) in [5, 5.41) is 2.67. The van der Waals surface area contributed by atoms with Crippen LogP contribution in [0.5, 0.6) is 0 Å². The van der Waals surface area contributed by atoms with Gasteiger partial charge in [-0.25, -0.2) is 0 Å². The molecular formula is C19H18ClOP. The summed E-state index contributed by atoms with van der Waals surface area (Å²) in [6, 6.07) is 29.4. The molecule has 0 aliphatic carbocycles. The van der Waals surface area contributed by atoms with Crippen LogP contribution < -0.4 is 15.9 Å². The Labute approximate surface area is 136 Å². The van der Waals surface area contributed by atoms with E-state index in [0.29, 0.717) is 0 Å². The van der Waals surface area contributed by atoms with E-state index in [4.69, 9.17) is 11.6 Å². The molecule has 3 rings (SSSR count). The molecule has 0 spiro atoms. The zero-order valence-electron chi connectivity index (χ0n) is 12.1. The molecule has 0 amide bonds. The van der Waals surface area contributed by atoms with Crippen molar-refractivity contribution in [2.75, 3.05) is 5.62 Å². The Bertz CT molecular complexity index is 645. The first-order chi connectivity index (χ1) is 10.7. The first-order valence-corrected chi connectivity index (χ1v) is 10.1. The van der Waals surface area contributed by atoms with Crippen molar-refractivity contribution in [3.05, 3.63) is 91.0 Å². The SMILES string of the molecule is OP(CCl)(c1ccccc1)(c1ccccc1)c1ccccc1. The Morgan fingerprint density at radius 2 is 0.864 bits per heavy atom. The summed E-state index contributed by atoms with van der Waals surface area (Å²) in [4.78, 5) is 12.2. The second-order valence-corrected chi connectivity index (χ2v) is 10.4. The van der Waals surface area contributed by atoms with Crippen LogP contribution in [0.15, 0.2) is 91.0 Å². The average molecular weight is 329 g/mol. The van der Waals surface area contributed by atoms with Crippen LogP contribution in [0, 0.1) is 0 Å². The fraction of sp³-hybridized carbons (Fsp3) is 0.0526. The molecule has 0 saturated heterocycles. The van der Waals surface area contributed by atoms with Gasteiger partial charge >= 0.3 is 136 Å². The maximum atomic E-state index is 12.2. The van der Waals surface area contributed by atoms with Gasteiger partial charge in [0.05, 0.1) is 0 Å². The molecule has 0 aliphatic rings. The molecule has 112 valence electrons. The van der Waals surface area contributed by atoms with E-state index in [1.54, 1.807) is 0 Å². The van der Waals surface area contributed by atoms with E-state index >= 15 is 0 Å². The average Bonchev–Trinajstić information content (AvgIpc) is 2.63. The van der Waals surface area contributed by atoms with Gasteiger partial charge in [-0.2, -0.15) is 0 Å². The van der Waals surface area contributed by atoms with Crippen LogP contribution >= 0.6 is 18.4 Å². The molecule has 22 heavy (non-hydrogen) atoms.